The van der Waals surface area contributed by atoms with E-state index in [1.54, 1.807) is 24.4 Å². The number of pyridine rings is 1. The minimum absolute atomic E-state index is 0.105. The van der Waals surface area contributed by atoms with E-state index in [2.05, 4.69) is 10.3 Å². The van der Waals surface area contributed by atoms with Gasteiger partial charge >= 0.3 is 5.97 Å². The van der Waals surface area contributed by atoms with E-state index in [1.807, 2.05) is 6.92 Å². The smallest absolute Gasteiger partial charge is 0.326 e. The Balaban J connectivity index is 2.51. The molecule has 92 valence electrons. The molecular formula is C12H16N2O3. The Kier molecular flexibility index (Phi) is 5.13. The Morgan fingerprint density at radius 1 is 1.47 bits per heavy atom. The summed E-state index contributed by atoms with van der Waals surface area (Å²) in [5.74, 6) is -1.31. The molecule has 0 saturated carbocycles. The number of hydrogen-bond donors (Lipinski definition) is 2. The van der Waals surface area contributed by atoms with Gasteiger partial charge in [0.1, 0.15) is 6.04 Å². The molecular weight excluding hydrogens is 220 g/mol. The second kappa shape index (κ2) is 6.62. The quantitative estimate of drug-likeness (QED) is 0.772. The molecule has 0 aliphatic rings. The van der Waals surface area contributed by atoms with Crippen LogP contribution >= 0.6 is 0 Å². The molecule has 0 aliphatic heterocycles. The van der Waals surface area contributed by atoms with Crippen molar-refractivity contribution in [2.24, 2.45) is 0 Å². The van der Waals surface area contributed by atoms with Gasteiger partial charge < -0.3 is 10.4 Å². The molecule has 1 atom stereocenters. The monoisotopic (exact) mass is 236 g/mol. The third kappa shape index (κ3) is 4.63. The Morgan fingerprint density at radius 2 is 2.24 bits per heavy atom. The van der Waals surface area contributed by atoms with Crippen molar-refractivity contribution in [2.75, 3.05) is 0 Å². The zero-order valence-electron chi connectivity index (χ0n) is 9.72. The summed E-state index contributed by atoms with van der Waals surface area (Å²) in [6, 6.07) is 4.47. The zero-order valence-corrected chi connectivity index (χ0v) is 9.72. The molecule has 0 aromatic carbocycles. The van der Waals surface area contributed by atoms with Crippen LogP contribution in [0, 0.1) is 0 Å². The molecule has 0 bridgehead atoms. The average Bonchev–Trinajstić information content (AvgIpc) is 2.29. The summed E-state index contributed by atoms with van der Waals surface area (Å²) < 4.78 is 0. The first kappa shape index (κ1) is 13.2. The molecule has 1 aromatic heterocycles. The van der Waals surface area contributed by atoms with Crippen molar-refractivity contribution in [3.8, 4) is 0 Å². The lowest BCUT2D eigenvalue weighted by Crippen LogP contribution is -2.41. The van der Waals surface area contributed by atoms with Gasteiger partial charge in [-0.2, -0.15) is 0 Å². The van der Waals surface area contributed by atoms with E-state index in [-0.39, 0.29) is 12.3 Å². The third-order valence-electron chi connectivity index (χ3n) is 2.28. The molecule has 1 rings (SSSR count). The number of carbonyl (C=O) groups excluding carboxylic acids is 1. The zero-order chi connectivity index (χ0) is 12.7. The number of carboxylic acid groups (broad SMARTS) is 1. The fourth-order valence-corrected chi connectivity index (χ4v) is 1.46. The van der Waals surface area contributed by atoms with Crippen LogP contribution in [0.1, 0.15) is 25.5 Å². The van der Waals surface area contributed by atoms with Gasteiger partial charge in [0, 0.05) is 11.9 Å². The number of carboxylic acids is 1. The summed E-state index contributed by atoms with van der Waals surface area (Å²) in [4.78, 5) is 26.4. The topological polar surface area (TPSA) is 79.3 Å². The SMILES string of the molecule is CCC[C@@H](NC(=O)Cc1ccccn1)C(=O)O. The molecule has 1 aromatic rings. The standard InChI is InChI=1S/C12H16N2O3/c1-2-5-10(12(16)17)14-11(15)8-9-6-3-4-7-13-9/h3-4,6-7,10H,2,5,8H2,1H3,(H,14,15)(H,16,17)/t10-/m1/s1. The lowest BCUT2D eigenvalue weighted by Gasteiger charge is -2.13. The van der Waals surface area contributed by atoms with E-state index in [4.69, 9.17) is 5.11 Å². The van der Waals surface area contributed by atoms with Crippen molar-refractivity contribution in [2.45, 2.75) is 32.2 Å². The minimum atomic E-state index is -0.999. The average molecular weight is 236 g/mol. The van der Waals surface area contributed by atoms with Crippen molar-refractivity contribution in [3.63, 3.8) is 0 Å². The summed E-state index contributed by atoms with van der Waals surface area (Å²) >= 11 is 0. The number of carbonyl (C=O) groups is 2. The number of nitrogens with one attached hydrogen (secondary N) is 1. The van der Waals surface area contributed by atoms with Crippen LogP contribution in [-0.4, -0.2) is 28.0 Å². The van der Waals surface area contributed by atoms with E-state index in [0.717, 1.165) is 0 Å². The molecule has 2 N–H and O–H groups in total. The van der Waals surface area contributed by atoms with Gasteiger partial charge in [-0.1, -0.05) is 19.4 Å². The number of rotatable bonds is 6. The second-order valence-corrected chi connectivity index (χ2v) is 3.74. The molecule has 0 saturated heterocycles. The molecule has 1 amide bonds. The lowest BCUT2D eigenvalue weighted by atomic mass is 10.1. The van der Waals surface area contributed by atoms with Crippen molar-refractivity contribution in [1.29, 1.82) is 0 Å². The first-order valence-electron chi connectivity index (χ1n) is 5.55. The van der Waals surface area contributed by atoms with Crippen LogP contribution in [0.25, 0.3) is 0 Å². The predicted molar refractivity (Wildman–Crippen MR) is 62.4 cm³/mol. The van der Waals surface area contributed by atoms with Crippen LogP contribution in [0.15, 0.2) is 24.4 Å². The highest BCUT2D eigenvalue weighted by atomic mass is 16.4. The molecule has 5 nitrogen and oxygen atoms in total. The van der Waals surface area contributed by atoms with Crippen molar-refractivity contribution in [1.82, 2.24) is 10.3 Å². The molecule has 0 fully saturated rings. The van der Waals surface area contributed by atoms with Crippen LogP contribution in [-0.2, 0) is 16.0 Å². The van der Waals surface area contributed by atoms with Crippen LogP contribution < -0.4 is 5.32 Å². The van der Waals surface area contributed by atoms with Crippen molar-refractivity contribution < 1.29 is 14.7 Å². The maximum Gasteiger partial charge on any atom is 0.326 e. The van der Waals surface area contributed by atoms with E-state index < -0.39 is 12.0 Å². The summed E-state index contributed by atoms with van der Waals surface area (Å²) in [5, 5.41) is 11.4. The van der Waals surface area contributed by atoms with E-state index >= 15 is 0 Å². The van der Waals surface area contributed by atoms with Gasteiger partial charge in [0.05, 0.1) is 6.42 Å². The van der Waals surface area contributed by atoms with Crippen molar-refractivity contribution >= 4 is 11.9 Å². The highest BCUT2D eigenvalue weighted by molar-refractivity contribution is 5.84. The maximum absolute atomic E-state index is 11.6. The number of amides is 1. The van der Waals surface area contributed by atoms with Gasteiger partial charge in [0.2, 0.25) is 5.91 Å². The normalized spacial score (nSPS) is 11.8. The van der Waals surface area contributed by atoms with Gasteiger partial charge in [-0.05, 0) is 18.6 Å². The fraction of sp³-hybridized carbons (Fsp3) is 0.417. The number of hydrogen-bond acceptors (Lipinski definition) is 3. The van der Waals surface area contributed by atoms with E-state index in [1.165, 1.54) is 0 Å². The molecule has 0 unspecified atom stereocenters. The lowest BCUT2D eigenvalue weighted by molar-refractivity contribution is -0.141. The van der Waals surface area contributed by atoms with Gasteiger partial charge in [0.15, 0.2) is 0 Å². The Morgan fingerprint density at radius 3 is 2.76 bits per heavy atom. The Hall–Kier alpha value is -1.91. The minimum Gasteiger partial charge on any atom is -0.480 e. The van der Waals surface area contributed by atoms with Crippen molar-refractivity contribution in [3.05, 3.63) is 30.1 Å². The second-order valence-electron chi connectivity index (χ2n) is 3.74. The molecule has 0 spiro atoms. The summed E-state index contributed by atoms with van der Waals surface area (Å²) in [6.45, 7) is 1.88. The van der Waals surface area contributed by atoms with Gasteiger partial charge in [0.25, 0.3) is 0 Å². The molecule has 17 heavy (non-hydrogen) atoms. The number of nitrogens with zero attached hydrogens (tertiary/aromatic N) is 1. The Bertz CT molecular complexity index is 379. The fourth-order valence-electron chi connectivity index (χ4n) is 1.46. The summed E-state index contributed by atoms with van der Waals surface area (Å²) in [6.07, 6.45) is 2.85. The van der Waals surface area contributed by atoms with Crippen LogP contribution in [0.4, 0.5) is 0 Å². The van der Waals surface area contributed by atoms with Crippen LogP contribution in [0.2, 0.25) is 0 Å². The molecule has 5 heteroatoms. The first-order valence-corrected chi connectivity index (χ1v) is 5.55. The highest BCUT2D eigenvalue weighted by Gasteiger charge is 2.18. The van der Waals surface area contributed by atoms with Crippen LogP contribution in [0.5, 0.6) is 0 Å². The van der Waals surface area contributed by atoms with Gasteiger partial charge in [-0.25, -0.2) is 4.79 Å². The molecule has 1 heterocycles. The van der Waals surface area contributed by atoms with E-state index in [0.29, 0.717) is 18.5 Å². The van der Waals surface area contributed by atoms with Gasteiger partial charge in [-0.15, -0.1) is 0 Å². The molecule has 0 aliphatic carbocycles. The largest absolute Gasteiger partial charge is 0.480 e. The highest BCUT2D eigenvalue weighted by Crippen LogP contribution is 1.99. The Labute approximate surface area is 99.9 Å². The number of aromatic nitrogens is 1. The summed E-state index contributed by atoms with van der Waals surface area (Å²) in [7, 11) is 0. The first-order chi connectivity index (χ1) is 8.13. The maximum atomic E-state index is 11.6. The third-order valence-corrected chi connectivity index (χ3v) is 2.28. The van der Waals surface area contributed by atoms with Crippen LogP contribution in [0.3, 0.4) is 0 Å². The molecule has 0 radical (unpaired) electrons. The van der Waals surface area contributed by atoms with E-state index in [9.17, 15) is 9.59 Å². The summed E-state index contributed by atoms with van der Waals surface area (Å²) in [5.41, 5.74) is 0.630. The predicted octanol–water partition coefficient (Wildman–Crippen LogP) is 0.994. The van der Waals surface area contributed by atoms with Gasteiger partial charge in [-0.3, -0.25) is 9.78 Å². The number of aliphatic carboxylic acids is 1.